The molecule has 1 atom stereocenters. The molecule has 1 unspecified atom stereocenters. The van der Waals surface area contributed by atoms with E-state index in [1.165, 1.54) is 43.2 Å². The van der Waals surface area contributed by atoms with Crippen molar-refractivity contribution >= 4 is 0 Å². The molecule has 1 saturated carbocycles. The van der Waals surface area contributed by atoms with Crippen molar-refractivity contribution < 1.29 is 0 Å². The van der Waals surface area contributed by atoms with Gasteiger partial charge in [-0.25, -0.2) is 0 Å². The highest BCUT2D eigenvalue weighted by atomic mass is 14.2. The van der Waals surface area contributed by atoms with Crippen molar-refractivity contribution in [2.75, 3.05) is 0 Å². The molecule has 75 valence electrons. The standard InChI is InChI=1S/C14H19/c1-12-7-9-14(10-8-12)11-13-5-3-2-4-6-13/h3,7-10,13H,2,4-6,11H2,1H3. The third kappa shape index (κ3) is 2.60. The lowest BCUT2D eigenvalue weighted by Gasteiger charge is -2.21. The molecule has 0 heteroatoms. The van der Waals surface area contributed by atoms with Crippen LogP contribution in [0.5, 0.6) is 0 Å². The van der Waals surface area contributed by atoms with Crippen LogP contribution in [-0.2, 0) is 6.42 Å². The number of benzene rings is 1. The second kappa shape index (κ2) is 4.63. The molecule has 0 aliphatic heterocycles. The summed E-state index contributed by atoms with van der Waals surface area (Å²) in [7, 11) is 0. The Kier molecular flexibility index (Phi) is 3.23. The lowest BCUT2D eigenvalue weighted by atomic mass is 9.85. The molecule has 2 rings (SSSR count). The highest BCUT2D eigenvalue weighted by Crippen LogP contribution is 2.26. The summed E-state index contributed by atoms with van der Waals surface area (Å²) in [6.07, 6.45) is 9.22. The van der Waals surface area contributed by atoms with E-state index in [9.17, 15) is 0 Å². The van der Waals surface area contributed by atoms with Crippen LogP contribution in [0.3, 0.4) is 0 Å². The average molecular weight is 187 g/mol. The zero-order chi connectivity index (χ0) is 9.80. The van der Waals surface area contributed by atoms with Gasteiger partial charge in [0.25, 0.3) is 0 Å². The molecule has 0 saturated heterocycles. The molecule has 1 aliphatic rings. The van der Waals surface area contributed by atoms with Gasteiger partial charge in [-0.2, -0.15) is 0 Å². The SMILES string of the molecule is Cc1ccc(CC2C[CH]CCC2)cc1. The largest absolute Gasteiger partial charge is 0.0591 e. The summed E-state index contributed by atoms with van der Waals surface area (Å²) in [4.78, 5) is 0. The normalized spacial score (nSPS) is 18.4. The first-order valence-electron chi connectivity index (χ1n) is 5.72. The molecular formula is C14H19. The Morgan fingerprint density at radius 3 is 2.64 bits per heavy atom. The summed E-state index contributed by atoms with van der Waals surface area (Å²) < 4.78 is 0. The van der Waals surface area contributed by atoms with E-state index in [4.69, 9.17) is 0 Å². The van der Waals surface area contributed by atoms with Gasteiger partial charge in [-0.3, -0.25) is 0 Å². The highest BCUT2D eigenvalue weighted by Gasteiger charge is 2.13. The molecule has 0 spiro atoms. The fourth-order valence-electron chi connectivity index (χ4n) is 2.27. The van der Waals surface area contributed by atoms with Gasteiger partial charge in [0.1, 0.15) is 0 Å². The predicted octanol–water partition coefficient (Wildman–Crippen LogP) is 3.93. The van der Waals surface area contributed by atoms with Gasteiger partial charge in [0, 0.05) is 0 Å². The molecule has 0 amide bonds. The molecule has 1 aromatic carbocycles. The molecule has 0 heterocycles. The van der Waals surface area contributed by atoms with Crippen molar-refractivity contribution in [1.82, 2.24) is 0 Å². The Morgan fingerprint density at radius 2 is 2.00 bits per heavy atom. The van der Waals surface area contributed by atoms with E-state index in [-0.39, 0.29) is 0 Å². The van der Waals surface area contributed by atoms with E-state index >= 15 is 0 Å². The van der Waals surface area contributed by atoms with Crippen LogP contribution in [0.15, 0.2) is 24.3 Å². The van der Waals surface area contributed by atoms with Gasteiger partial charge >= 0.3 is 0 Å². The van der Waals surface area contributed by atoms with Crippen molar-refractivity contribution in [2.45, 2.75) is 39.0 Å². The maximum atomic E-state index is 2.46. The van der Waals surface area contributed by atoms with Gasteiger partial charge in [0.2, 0.25) is 0 Å². The Morgan fingerprint density at radius 1 is 1.21 bits per heavy atom. The fourth-order valence-corrected chi connectivity index (χ4v) is 2.27. The lowest BCUT2D eigenvalue weighted by molar-refractivity contribution is 0.412. The molecule has 0 N–H and O–H groups in total. The van der Waals surface area contributed by atoms with Gasteiger partial charge in [0.05, 0.1) is 0 Å². The predicted molar refractivity (Wildman–Crippen MR) is 61.1 cm³/mol. The van der Waals surface area contributed by atoms with Gasteiger partial charge < -0.3 is 0 Å². The second-order valence-electron chi connectivity index (χ2n) is 4.51. The van der Waals surface area contributed by atoms with E-state index in [1.807, 2.05) is 0 Å². The van der Waals surface area contributed by atoms with Crippen LogP contribution in [0.4, 0.5) is 0 Å². The first-order chi connectivity index (χ1) is 6.84. The number of hydrogen-bond acceptors (Lipinski definition) is 0. The Labute approximate surface area is 87.3 Å². The number of aryl methyl sites for hydroxylation is 1. The molecule has 0 nitrogen and oxygen atoms in total. The molecule has 14 heavy (non-hydrogen) atoms. The van der Waals surface area contributed by atoms with Crippen molar-refractivity contribution in [2.24, 2.45) is 5.92 Å². The summed E-state index contributed by atoms with van der Waals surface area (Å²) in [5.74, 6) is 0.909. The van der Waals surface area contributed by atoms with Crippen LogP contribution < -0.4 is 0 Å². The van der Waals surface area contributed by atoms with Gasteiger partial charge in [0.15, 0.2) is 0 Å². The fraction of sp³-hybridized carbons (Fsp3) is 0.500. The minimum atomic E-state index is 0.909. The Hall–Kier alpha value is -0.780. The maximum absolute atomic E-state index is 2.46. The molecule has 1 fully saturated rings. The maximum Gasteiger partial charge on any atom is -0.0250 e. The third-order valence-electron chi connectivity index (χ3n) is 3.17. The Bertz CT molecular complexity index is 265. The minimum absolute atomic E-state index is 0.909. The molecule has 0 aromatic heterocycles. The van der Waals surface area contributed by atoms with Crippen LogP contribution >= 0.6 is 0 Å². The van der Waals surface area contributed by atoms with E-state index in [0.29, 0.717) is 0 Å². The van der Waals surface area contributed by atoms with Crippen molar-refractivity contribution in [3.05, 3.63) is 41.8 Å². The van der Waals surface area contributed by atoms with Crippen molar-refractivity contribution in [1.29, 1.82) is 0 Å². The molecule has 0 bridgehead atoms. The molecule has 1 aromatic rings. The monoisotopic (exact) mass is 187 g/mol. The van der Waals surface area contributed by atoms with Gasteiger partial charge in [-0.1, -0.05) is 49.1 Å². The summed E-state index contributed by atoms with van der Waals surface area (Å²) in [6.45, 7) is 2.15. The number of rotatable bonds is 2. The highest BCUT2D eigenvalue weighted by molar-refractivity contribution is 5.21. The van der Waals surface area contributed by atoms with E-state index in [1.54, 1.807) is 0 Å². The summed E-state index contributed by atoms with van der Waals surface area (Å²) >= 11 is 0. The topological polar surface area (TPSA) is 0 Å². The van der Waals surface area contributed by atoms with Crippen LogP contribution in [0.1, 0.15) is 36.8 Å². The first kappa shape index (κ1) is 9.76. The van der Waals surface area contributed by atoms with E-state index in [2.05, 4.69) is 37.6 Å². The van der Waals surface area contributed by atoms with Crippen molar-refractivity contribution in [3.63, 3.8) is 0 Å². The van der Waals surface area contributed by atoms with Gasteiger partial charge in [-0.15, -0.1) is 0 Å². The van der Waals surface area contributed by atoms with Gasteiger partial charge in [-0.05, 0) is 37.7 Å². The summed E-state index contributed by atoms with van der Waals surface area (Å²) in [5, 5.41) is 0. The second-order valence-corrected chi connectivity index (χ2v) is 4.51. The Balaban J connectivity index is 1.92. The van der Waals surface area contributed by atoms with Crippen LogP contribution in [0.25, 0.3) is 0 Å². The van der Waals surface area contributed by atoms with E-state index in [0.717, 1.165) is 5.92 Å². The summed E-state index contributed by atoms with van der Waals surface area (Å²) in [5.41, 5.74) is 2.87. The average Bonchev–Trinajstić information content (AvgIpc) is 2.23. The minimum Gasteiger partial charge on any atom is -0.0591 e. The molecular weight excluding hydrogens is 168 g/mol. The zero-order valence-corrected chi connectivity index (χ0v) is 9.00. The zero-order valence-electron chi connectivity index (χ0n) is 9.00. The van der Waals surface area contributed by atoms with E-state index < -0.39 is 0 Å². The van der Waals surface area contributed by atoms with Crippen LogP contribution in [0.2, 0.25) is 0 Å². The lowest BCUT2D eigenvalue weighted by Crippen LogP contribution is -2.09. The van der Waals surface area contributed by atoms with Crippen LogP contribution in [-0.4, -0.2) is 0 Å². The first-order valence-corrected chi connectivity index (χ1v) is 5.72. The third-order valence-corrected chi connectivity index (χ3v) is 3.17. The molecule has 1 radical (unpaired) electrons. The number of hydrogen-bond donors (Lipinski definition) is 0. The van der Waals surface area contributed by atoms with Crippen molar-refractivity contribution in [3.8, 4) is 0 Å². The summed E-state index contributed by atoms with van der Waals surface area (Å²) in [6, 6.07) is 9.01. The van der Waals surface area contributed by atoms with Crippen LogP contribution in [0, 0.1) is 19.3 Å². The molecule has 1 aliphatic carbocycles. The smallest absolute Gasteiger partial charge is 0.0250 e. The quantitative estimate of drug-likeness (QED) is 0.658.